The summed E-state index contributed by atoms with van der Waals surface area (Å²) in [5, 5.41) is 2.99. The van der Waals surface area contributed by atoms with Gasteiger partial charge in [-0.3, -0.25) is 9.69 Å². The Bertz CT molecular complexity index is 264. The van der Waals surface area contributed by atoms with E-state index in [1.54, 1.807) is 0 Å². The number of hydrogen-bond acceptors (Lipinski definition) is 3. The molecule has 1 rings (SSSR count). The zero-order valence-electron chi connectivity index (χ0n) is 11.7. The molecule has 17 heavy (non-hydrogen) atoms. The lowest BCUT2D eigenvalue weighted by Crippen LogP contribution is -2.55. The molecule has 0 aliphatic carbocycles. The first-order valence-corrected chi connectivity index (χ1v) is 6.47. The molecule has 0 aromatic heterocycles. The molecule has 1 fully saturated rings. The molecule has 1 saturated heterocycles. The second-order valence-corrected chi connectivity index (χ2v) is 5.89. The average molecular weight is 242 g/mol. The fraction of sp³-hybridized carbons (Fsp3) is 0.923. The van der Waals surface area contributed by atoms with Crippen LogP contribution in [0.5, 0.6) is 0 Å². The van der Waals surface area contributed by atoms with Gasteiger partial charge in [0.2, 0.25) is 5.91 Å². The van der Waals surface area contributed by atoms with Crippen LogP contribution < -0.4 is 5.32 Å². The van der Waals surface area contributed by atoms with E-state index >= 15 is 0 Å². The molecule has 1 N–H and O–H groups in total. The Labute approximate surface area is 105 Å². The van der Waals surface area contributed by atoms with Gasteiger partial charge >= 0.3 is 0 Å². The summed E-state index contributed by atoms with van der Waals surface area (Å²) in [6.07, 6.45) is 0. The van der Waals surface area contributed by atoms with E-state index in [0.29, 0.717) is 12.5 Å². The largest absolute Gasteiger partial charge is 0.373 e. The van der Waals surface area contributed by atoms with Gasteiger partial charge in [-0.2, -0.15) is 0 Å². The molecular formula is C13H26N2O2. The number of hydrogen-bond donors (Lipinski definition) is 1. The smallest absolute Gasteiger partial charge is 0.237 e. The molecule has 100 valence electrons. The van der Waals surface area contributed by atoms with E-state index in [9.17, 15) is 4.79 Å². The third-order valence-electron chi connectivity index (χ3n) is 3.07. The number of morpholine rings is 1. The Morgan fingerprint density at radius 3 is 2.59 bits per heavy atom. The van der Waals surface area contributed by atoms with Gasteiger partial charge in [-0.1, -0.05) is 13.8 Å². The summed E-state index contributed by atoms with van der Waals surface area (Å²) in [6, 6.07) is -0.0723. The summed E-state index contributed by atoms with van der Waals surface area (Å²) in [5.74, 6) is 0.615. The standard InChI is InChI=1S/C13H26N2O2/c1-10(2)8-14-12(16)11(3)15-6-7-17-13(4,5)9-15/h10-11H,6-9H2,1-5H3,(H,14,16). The number of nitrogens with one attached hydrogen (secondary N) is 1. The molecule has 1 aliphatic rings. The van der Waals surface area contributed by atoms with Crippen LogP contribution in [0.4, 0.5) is 0 Å². The Kier molecular flexibility index (Phi) is 4.95. The van der Waals surface area contributed by atoms with Gasteiger partial charge in [-0.25, -0.2) is 0 Å². The van der Waals surface area contributed by atoms with Gasteiger partial charge in [0.05, 0.1) is 18.2 Å². The number of carbonyl (C=O) groups excluding carboxylic acids is 1. The minimum Gasteiger partial charge on any atom is -0.373 e. The second kappa shape index (κ2) is 5.83. The van der Waals surface area contributed by atoms with E-state index in [4.69, 9.17) is 4.74 Å². The second-order valence-electron chi connectivity index (χ2n) is 5.89. The van der Waals surface area contributed by atoms with Crippen LogP contribution >= 0.6 is 0 Å². The van der Waals surface area contributed by atoms with Gasteiger partial charge in [0.15, 0.2) is 0 Å². The van der Waals surface area contributed by atoms with Gasteiger partial charge < -0.3 is 10.1 Å². The van der Waals surface area contributed by atoms with E-state index < -0.39 is 0 Å². The molecule has 1 amide bonds. The minimum absolute atomic E-state index is 0.0723. The van der Waals surface area contributed by atoms with Crippen LogP contribution in [0.25, 0.3) is 0 Å². The highest BCUT2D eigenvalue weighted by Gasteiger charge is 2.32. The van der Waals surface area contributed by atoms with Gasteiger partial charge in [-0.05, 0) is 26.7 Å². The van der Waals surface area contributed by atoms with Gasteiger partial charge in [0.25, 0.3) is 0 Å². The summed E-state index contributed by atoms with van der Waals surface area (Å²) in [5.41, 5.74) is -0.148. The first-order chi connectivity index (χ1) is 7.82. The Hall–Kier alpha value is -0.610. The molecule has 0 aromatic carbocycles. The number of nitrogens with zero attached hydrogens (tertiary/aromatic N) is 1. The third kappa shape index (κ3) is 4.64. The minimum atomic E-state index is -0.148. The molecule has 4 heteroatoms. The highest BCUT2D eigenvalue weighted by molar-refractivity contribution is 5.81. The van der Waals surface area contributed by atoms with Crippen molar-refractivity contribution in [3.63, 3.8) is 0 Å². The first kappa shape index (κ1) is 14.5. The molecule has 0 radical (unpaired) electrons. The zero-order chi connectivity index (χ0) is 13.1. The summed E-state index contributed by atoms with van der Waals surface area (Å²) in [7, 11) is 0. The molecule has 4 nitrogen and oxygen atoms in total. The van der Waals surface area contributed by atoms with Crippen molar-refractivity contribution in [1.29, 1.82) is 0 Å². The van der Waals surface area contributed by atoms with E-state index in [0.717, 1.165) is 19.6 Å². The topological polar surface area (TPSA) is 41.6 Å². The van der Waals surface area contributed by atoms with Crippen molar-refractivity contribution in [2.24, 2.45) is 5.92 Å². The van der Waals surface area contributed by atoms with Crippen molar-refractivity contribution in [3.05, 3.63) is 0 Å². The summed E-state index contributed by atoms with van der Waals surface area (Å²) in [4.78, 5) is 14.2. The zero-order valence-corrected chi connectivity index (χ0v) is 11.7. The Morgan fingerprint density at radius 2 is 2.06 bits per heavy atom. The fourth-order valence-electron chi connectivity index (χ4n) is 2.00. The molecule has 1 atom stereocenters. The van der Waals surface area contributed by atoms with Crippen LogP contribution in [0.1, 0.15) is 34.6 Å². The van der Waals surface area contributed by atoms with Gasteiger partial charge in [-0.15, -0.1) is 0 Å². The summed E-state index contributed by atoms with van der Waals surface area (Å²) < 4.78 is 5.65. The van der Waals surface area contributed by atoms with Crippen molar-refractivity contribution in [2.45, 2.75) is 46.3 Å². The number of carbonyl (C=O) groups is 1. The van der Waals surface area contributed by atoms with Crippen molar-refractivity contribution < 1.29 is 9.53 Å². The maximum Gasteiger partial charge on any atom is 0.237 e. The van der Waals surface area contributed by atoms with E-state index in [1.165, 1.54) is 0 Å². The predicted octanol–water partition coefficient (Wildman–Crippen LogP) is 1.26. The average Bonchev–Trinajstić information content (AvgIpc) is 2.23. The number of rotatable bonds is 4. The molecule has 0 spiro atoms. The normalized spacial score (nSPS) is 22.5. The summed E-state index contributed by atoms with van der Waals surface area (Å²) in [6.45, 7) is 13.4. The highest BCUT2D eigenvalue weighted by atomic mass is 16.5. The number of ether oxygens (including phenoxy) is 1. The first-order valence-electron chi connectivity index (χ1n) is 6.47. The quantitative estimate of drug-likeness (QED) is 0.807. The van der Waals surface area contributed by atoms with Gasteiger partial charge in [0.1, 0.15) is 0 Å². The molecule has 0 aromatic rings. The van der Waals surface area contributed by atoms with Crippen LogP contribution in [0, 0.1) is 5.92 Å². The monoisotopic (exact) mass is 242 g/mol. The van der Waals surface area contributed by atoms with E-state index in [-0.39, 0.29) is 17.6 Å². The molecule has 0 bridgehead atoms. The molecular weight excluding hydrogens is 216 g/mol. The van der Waals surface area contributed by atoms with Crippen LogP contribution in [-0.2, 0) is 9.53 Å². The van der Waals surface area contributed by atoms with Crippen molar-refractivity contribution >= 4 is 5.91 Å². The van der Waals surface area contributed by atoms with Crippen LogP contribution in [0.3, 0.4) is 0 Å². The molecule has 1 heterocycles. The van der Waals surface area contributed by atoms with Crippen molar-refractivity contribution in [2.75, 3.05) is 26.2 Å². The lowest BCUT2D eigenvalue weighted by atomic mass is 10.1. The molecule has 1 unspecified atom stereocenters. The maximum absolute atomic E-state index is 12.0. The van der Waals surface area contributed by atoms with Crippen molar-refractivity contribution in [3.8, 4) is 0 Å². The fourth-order valence-corrected chi connectivity index (χ4v) is 2.00. The maximum atomic E-state index is 12.0. The lowest BCUT2D eigenvalue weighted by molar-refractivity contribution is -0.134. The lowest BCUT2D eigenvalue weighted by Gasteiger charge is -2.40. The molecule has 0 saturated carbocycles. The highest BCUT2D eigenvalue weighted by Crippen LogP contribution is 2.18. The Balaban J connectivity index is 2.45. The Morgan fingerprint density at radius 1 is 1.41 bits per heavy atom. The van der Waals surface area contributed by atoms with E-state index in [1.807, 2.05) is 6.92 Å². The molecule has 1 aliphatic heterocycles. The van der Waals surface area contributed by atoms with Crippen molar-refractivity contribution in [1.82, 2.24) is 10.2 Å². The van der Waals surface area contributed by atoms with Crippen LogP contribution in [-0.4, -0.2) is 48.7 Å². The third-order valence-corrected chi connectivity index (χ3v) is 3.07. The SMILES string of the molecule is CC(C)CNC(=O)C(C)N1CCOC(C)(C)C1. The van der Waals surface area contributed by atoms with Crippen LogP contribution in [0.15, 0.2) is 0 Å². The summed E-state index contributed by atoms with van der Waals surface area (Å²) >= 11 is 0. The van der Waals surface area contributed by atoms with E-state index in [2.05, 4.69) is 37.9 Å². The van der Waals surface area contributed by atoms with Gasteiger partial charge in [0, 0.05) is 19.6 Å². The van der Waals surface area contributed by atoms with Crippen LogP contribution in [0.2, 0.25) is 0 Å². The predicted molar refractivity (Wildman–Crippen MR) is 68.9 cm³/mol. The number of amides is 1.